The third-order valence-electron chi connectivity index (χ3n) is 6.28. The van der Waals surface area contributed by atoms with Crippen LogP contribution in [0.15, 0.2) is 24.4 Å². The van der Waals surface area contributed by atoms with Crippen molar-refractivity contribution in [3.63, 3.8) is 0 Å². The molecule has 10 nitrogen and oxygen atoms in total. The van der Waals surface area contributed by atoms with E-state index in [1.54, 1.807) is 13.0 Å². The number of hydrogen-bond donors (Lipinski definition) is 3. The van der Waals surface area contributed by atoms with Crippen LogP contribution in [-0.4, -0.2) is 56.5 Å². The van der Waals surface area contributed by atoms with Gasteiger partial charge in [0.2, 0.25) is 5.91 Å². The third-order valence-corrected chi connectivity index (χ3v) is 6.28. The van der Waals surface area contributed by atoms with E-state index in [2.05, 4.69) is 26.0 Å². The van der Waals surface area contributed by atoms with Crippen molar-refractivity contribution in [1.29, 1.82) is 5.26 Å². The van der Waals surface area contributed by atoms with Gasteiger partial charge < -0.3 is 15.5 Å². The average Bonchev–Trinajstić information content (AvgIpc) is 3.43. The van der Waals surface area contributed by atoms with Gasteiger partial charge in [0.1, 0.15) is 17.6 Å². The molecule has 2 aromatic rings. The van der Waals surface area contributed by atoms with Crippen molar-refractivity contribution in [1.82, 2.24) is 25.6 Å². The molecule has 34 heavy (non-hydrogen) atoms. The summed E-state index contributed by atoms with van der Waals surface area (Å²) in [6, 6.07) is 4.58. The molecule has 0 spiro atoms. The summed E-state index contributed by atoms with van der Waals surface area (Å²) >= 11 is 0. The maximum Gasteiger partial charge on any atom is 0.312 e. The Morgan fingerprint density at radius 1 is 1.29 bits per heavy atom. The molecule has 0 bridgehead atoms. The second kappa shape index (κ2) is 8.44. The van der Waals surface area contributed by atoms with Crippen molar-refractivity contribution in [3.05, 3.63) is 41.5 Å². The second-order valence-corrected chi connectivity index (χ2v) is 8.53. The number of hydrogen-bond acceptors (Lipinski definition) is 6. The Bertz CT molecular complexity index is 1170. The number of alkyl halides is 2. The number of likely N-dealkylation sites (tertiary alicyclic amines) is 1. The number of aromatic nitrogens is 3. The minimum Gasteiger partial charge on any atom is -0.336 e. The largest absolute Gasteiger partial charge is 0.336 e. The lowest BCUT2D eigenvalue weighted by Crippen LogP contribution is -2.62. The van der Waals surface area contributed by atoms with Gasteiger partial charge in [-0.1, -0.05) is 5.21 Å². The Morgan fingerprint density at radius 3 is 2.65 bits per heavy atom. The Morgan fingerprint density at radius 2 is 2.03 bits per heavy atom. The molecule has 1 aliphatic carbocycles. The molecule has 0 radical (unpaired) electrons. The molecule has 2 atom stereocenters. The van der Waals surface area contributed by atoms with Gasteiger partial charge in [-0.3, -0.25) is 19.5 Å². The first-order valence-electron chi connectivity index (χ1n) is 10.4. The van der Waals surface area contributed by atoms with Gasteiger partial charge in [-0.15, -0.1) is 5.10 Å². The number of amides is 3. The number of anilines is 1. The topological polar surface area (TPSA) is 144 Å². The Balaban J connectivity index is 1.41. The third kappa shape index (κ3) is 4.18. The van der Waals surface area contributed by atoms with Gasteiger partial charge in [0.25, 0.3) is 5.92 Å². The smallest absolute Gasteiger partial charge is 0.312 e. The van der Waals surface area contributed by atoms with Crippen molar-refractivity contribution in [2.24, 2.45) is 5.92 Å². The normalized spacial score (nSPS) is 22.4. The highest BCUT2D eigenvalue weighted by Crippen LogP contribution is 2.51. The molecule has 1 saturated heterocycles. The summed E-state index contributed by atoms with van der Waals surface area (Å²) in [6.45, 7) is 1.70. The lowest BCUT2D eigenvalue weighted by Gasteiger charge is -2.46. The minimum atomic E-state index is -3.01. The minimum absolute atomic E-state index is 0.0994. The predicted octanol–water partition coefficient (Wildman–Crippen LogP) is 1.43. The van der Waals surface area contributed by atoms with Gasteiger partial charge in [0.05, 0.1) is 17.0 Å². The molecule has 2 fully saturated rings. The zero-order chi connectivity index (χ0) is 24.7. The SMILES string of the molecule is C[C@H]1[C@@H](C(=O)Nc2ccc(F)c(C#N)c2)CCN1C(=O)C(=O)NC1(c2c[nH]nn2)CC(F)(F)C1. The standard InChI is InChI=1S/C21H20F3N7O3/c1-11-14(17(32)27-13-2-3-15(22)12(6-13)7-25)4-5-31(11)19(34)18(33)28-20(9-21(23,24)10-20)16-8-26-30-29-16/h2-3,6,8,11,14H,4-5,9-10H2,1H3,(H,27,32)(H,28,33)(H,26,29,30)/t11-,14-/m0/s1. The van der Waals surface area contributed by atoms with Crippen LogP contribution < -0.4 is 10.6 Å². The van der Waals surface area contributed by atoms with E-state index in [1.165, 1.54) is 23.2 Å². The first-order chi connectivity index (χ1) is 16.0. The van der Waals surface area contributed by atoms with Crippen molar-refractivity contribution < 1.29 is 27.6 Å². The van der Waals surface area contributed by atoms with Crippen LogP contribution in [0.25, 0.3) is 0 Å². The second-order valence-electron chi connectivity index (χ2n) is 8.53. The number of benzene rings is 1. The average molecular weight is 475 g/mol. The van der Waals surface area contributed by atoms with Gasteiger partial charge in [0, 0.05) is 37.3 Å². The van der Waals surface area contributed by atoms with Crippen molar-refractivity contribution >= 4 is 23.4 Å². The van der Waals surface area contributed by atoms with Crippen LogP contribution in [0.5, 0.6) is 0 Å². The molecule has 0 unspecified atom stereocenters. The Labute approximate surface area is 191 Å². The van der Waals surface area contributed by atoms with Gasteiger partial charge in [-0.25, -0.2) is 13.2 Å². The van der Waals surface area contributed by atoms with E-state index in [0.717, 1.165) is 6.07 Å². The number of carbonyl (C=O) groups is 3. The summed E-state index contributed by atoms with van der Waals surface area (Å²) in [6.07, 6.45) is 0.111. The number of nitrogens with one attached hydrogen (secondary N) is 3. The van der Waals surface area contributed by atoms with E-state index in [1.807, 2.05) is 0 Å². The number of nitrogens with zero attached hydrogens (tertiary/aromatic N) is 4. The number of carbonyl (C=O) groups excluding carboxylic acids is 3. The van der Waals surface area contributed by atoms with Gasteiger partial charge >= 0.3 is 11.8 Å². The molecule has 3 N–H and O–H groups in total. The molecular formula is C21H20F3N7O3. The number of nitriles is 1. The van der Waals surface area contributed by atoms with Gasteiger partial charge in [-0.2, -0.15) is 5.26 Å². The molecular weight excluding hydrogens is 455 g/mol. The molecule has 3 amide bonds. The first-order valence-corrected chi connectivity index (χ1v) is 10.4. The molecule has 2 heterocycles. The Hall–Kier alpha value is -3.95. The van der Waals surface area contributed by atoms with Crippen molar-refractivity contribution in [2.75, 3.05) is 11.9 Å². The van der Waals surface area contributed by atoms with Crippen LogP contribution in [0.2, 0.25) is 0 Å². The van der Waals surface area contributed by atoms with E-state index in [9.17, 15) is 27.6 Å². The summed E-state index contributed by atoms with van der Waals surface area (Å²) in [5.41, 5.74) is -1.42. The maximum absolute atomic E-state index is 13.6. The molecule has 2 aliphatic rings. The van der Waals surface area contributed by atoms with E-state index >= 15 is 0 Å². The quantitative estimate of drug-likeness (QED) is 0.571. The zero-order valence-corrected chi connectivity index (χ0v) is 17.9. The van der Waals surface area contributed by atoms with Crippen molar-refractivity contribution in [3.8, 4) is 6.07 Å². The van der Waals surface area contributed by atoms with E-state index in [4.69, 9.17) is 5.26 Å². The van der Waals surface area contributed by atoms with Crippen LogP contribution in [0.1, 0.15) is 37.4 Å². The fraction of sp³-hybridized carbons (Fsp3) is 0.429. The number of H-pyrrole nitrogens is 1. The summed E-state index contributed by atoms with van der Waals surface area (Å²) in [7, 11) is 0. The molecule has 4 rings (SSSR count). The fourth-order valence-electron chi connectivity index (χ4n) is 4.50. The molecule has 1 saturated carbocycles. The van der Waals surface area contributed by atoms with E-state index in [0.29, 0.717) is 0 Å². The highest BCUT2D eigenvalue weighted by Gasteiger charge is 2.60. The van der Waals surface area contributed by atoms with E-state index in [-0.39, 0.29) is 29.9 Å². The number of aromatic amines is 1. The van der Waals surface area contributed by atoms with Crippen LogP contribution >= 0.6 is 0 Å². The van der Waals surface area contributed by atoms with Crippen LogP contribution in [0, 0.1) is 23.1 Å². The highest BCUT2D eigenvalue weighted by atomic mass is 19.3. The summed E-state index contributed by atoms with van der Waals surface area (Å²) in [5, 5.41) is 23.5. The maximum atomic E-state index is 13.6. The molecule has 13 heteroatoms. The zero-order valence-electron chi connectivity index (χ0n) is 17.9. The summed E-state index contributed by atoms with van der Waals surface area (Å²) < 4.78 is 40.8. The van der Waals surface area contributed by atoms with E-state index < -0.39 is 59.8 Å². The lowest BCUT2D eigenvalue weighted by atomic mass is 9.71. The molecule has 1 aromatic carbocycles. The Kier molecular flexibility index (Phi) is 5.76. The summed E-state index contributed by atoms with van der Waals surface area (Å²) in [5.74, 6) is -6.89. The molecule has 1 aromatic heterocycles. The van der Waals surface area contributed by atoms with Crippen molar-refractivity contribution in [2.45, 2.75) is 43.7 Å². The van der Waals surface area contributed by atoms with Gasteiger partial charge in [-0.05, 0) is 31.5 Å². The predicted molar refractivity (Wildman–Crippen MR) is 109 cm³/mol. The molecule has 1 aliphatic heterocycles. The van der Waals surface area contributed by atoms with Crippen LogP contribution in [0.3, 0.4) is 0 Å². The fourth-order valence-corrected chi connectivity index (χ4v) is 4.50. The number of halogens is 3. The van der Waals surface area contributed by atoms with Crippen LogP contribution in [0.4, 0.5) is 18.9 Å². The molecule has 178 valence electrons. The summed E-state index contributed by atoms with van der Waals surface area (Å²) in [4.78, 5) is 39.5. The van der Waals surface area contributed by atoms with Gasteiger partial charge in [0.15, 0.2) is 0 Å². The highest BCUT2D eigenvalue weighted by molar-refractivity contribution is 6.35. The van der Waals surface area contributed by atoms with Crippen LogP contribution in [-0.2, 0) is 19.9 Å². The first kappa shape index (κ1) is 23.2. The number of rotatable bonds is 4. The lowest BCUT2D eigenvalue weighted by molar-refractivity contribution is -0.160. The monoisotopic (exact) mass is 475 g/mol.